The molecule has 1 aliphatic rings. The summed E-state index contributed by atoms with van der Waals surface area (Å²) >= 11 is 0. The van der Waals surface area contributed by atoms with Gasteiger partial charge >= 0.3 is 0 Å². The first-order chi connectivity index (χ1) is 16.0. The molecule has 1 aliphatic carbocycles. The number of amides is 1. The number of nitrogens with one attached hydrogen (secondary N) is 1. The molecule has 1 amide bonds. The van der Waals surface area contributed by atoms with E-state index in [1.54, 1.807) is 6.92 Å². The van der Waals surface area contributed by atoms with Crippen LogP contribution in [0.3, 0.4) is 0 Å². The molecule has 0 bridgehead atoms. The van der Waals surface area contributed by atoms with E-state index in [-0.39, 0.29) is 41.2 Å². The van der Waals surface area contributed by atoms with Crippen molar-refractivity contribution in [1.29, 1.82) is 0 Å². The van der Waals surface area contributed by atoms with E-state index < -0.39 is 10.3 Å². The van der Waals surface area contributed by atoms with E-state index >= 15 is 0 Å². The predicted octanol–water partition coefficient (Wildman–Crippen LogP) is 4.16. The van der Waals surface area contributed by atoms with Gasteiger partial charge in [-0.1, -0.05) is 60.7 Å². The normalized spacial score (nSPS) is 16.3. The van der Waals surface area contributed by atoms with E-state index in [1.807, 2.05) is 60.7 Å². The van der Waals surface area contributed by atoms with Crippen molar-refractivity contribution in [2.75, 3.05) is 6.61 Å². The van der Waals surface area contributed by atoms with Crippen molar-refractivity contribution in [3.63, 3.8) is 0 Å². The van der Waals surface area contributed by atoms with Crippen LogP contribution in [-0.4, -0.2) is 28.8 Å². The Balaban J connectivity index is 1.56. The molecule has 3 aromatic carbocycles. The highest BCUT2D eigenvalue weighted by atomic mass is 16.6. The van der Waals surface area contributed by atoms with Gasteiger partial charge in [0.2, 0.25) is 5.91 Å². The summed E-state index contributed by atoms with van der Waals surface area (Å²) in [5.41, 5.74) is 4.02. The van der Waals surface area contributed by atoms with E-state index in [1.165, 1.54) is 12.3 Å². The highest BCUT2D eigenvalue weighted by molar-refractivity contribution is 5.89. The van der Waals surface area contributed by atoms with E-state index in [0.29, 0.717) is 6.42 Å². The fourth-order valence-corrected chi connectivity index (χ4v) is 4.18. The lowest BCUT2D eigenvalue weighted by Crippen LogP contribution is -2.25. The molecule has 1 fully saturated rings. The van der Waals surface area contributed by atoms with E-state index in [2.05, 4.69) is 10.5 Å². The summed E-state index contributed by atoms with van der Waals surface area (Å²) in [4.78, 5) is 23.6. The quantitative estimate of drug-likeness (QED) is 0.307. The van der Waals surface area contributed by atoms with Crippen LogP contribution in [0.25, 0.3) is 0 Å². The number of hydrogen-bond acceptors (Lipinski definition) is 6. The van der Waals surface area contributed by atoms with Crippen LogP contribution in [0.15, 0.2) is 77.9 Å². The van der Waals surface area contributed by atoms with Gasteiger partial charge in [0.25, 0.3) is 5.69 Å². The average Bonchev–Trinajstić information content (AvgIpc) is 3.59. The minimum absolute atomic E-state index is 0.0196. The molecule has 0 saturated heterocycles. The van der Waals surface area contributed by atoms with Crippen LogP contribution in [0.4, 0.5) is 5.69 Å². The van der Waals surface area contributed by atoms with Gasteiger partial charge in [0, 0.05) is 17.0 Å². The molecule has 33 heavy (non-hydrogen) atoms. The first-order valence-electron chi connectivity index (χ1n) is 10.6. The maximum Gasteiger partial charge on any atom is 0.274 e. The molecule has 0 aliphatic heterocycles. The average molecular weight is 445 g/mol. The van der Waals surface area contributed by atoms with Crippen LogP contribution in [0.5, 0.6) is 11.5 Å². The Hall–Kier alpha value is -4.20. The smallest absolute Gasteiger partial charge is 0.274 e. The third-order valence-electron chi connectivity index (χ3n) is 5.83. The summed E-state index contributed by atoms with van der Waals surface area (Å²) in [6.07, 6.45) is 1.82. The van der Waals surface area contributed by atoms with Gasteiger partial charge in [-0.15, -0.1) is 0 Å². The monoisotopic (exact) mass is 445 g/mol. The Kier molecular flexibility index (Phi) is 6.08. The first-order valence-corrected chi connectivity index (χ1v) is 10.6. The Morgan fingerprint density at radius 3 is 2.33 bits per heavy atom. The lowest BCUT2D eigenvalue weighted by Gasteiger charge is -2.18. The molecule has 2 N–H and O–H groups in total. The zero-order valence-electron chi connectivity index (χ0n) is 18.0. The summed E-state index contributed by atoms with van der Waals surface area (Å²) in [5.74, 6) is -0.894. The number of carbonyl (C=O) groups excluding carboxylic acids is 1. The molecule has 0 unspecified atom stereocenters. The maximum absolute atomic E-state index is 13.0. The number of ether oxygens (including phenoxy) is 1. The number of hydrogen-bond donors (Lipinski definition) is 2. The number of nitro groups is 1. The largest absolute Gasteiger partial charge is 0.504 e. The number of aromatic hydroxyl groups is 1. The van der Waals surface area contributed by atoms with Gasteiger partial charge in [-0.2, -0.15) is 5.10 Å². The van der Waals surface area contributed by atoms with Crippen molar-refractivity contribution in [2.45, 2.75) is 18.8 Å². The summed E-state index contributed by atoms with van der Waals surface area (Å²) in [7, 11) is 0. The third kappa shape index (κ3) is 4.27. The van der Waals surface area contributed by atoms with Crippen molar-refractivity contribution < 1.29 is 19.6 Å². The van der Waals surface area contributed by atoms with Crippen LogP contribution in [0, 0.1) is 16.0 Å². The fourth-order valence-electron chi connectivity index (χ4n) is 4.18. The van der Waals surface area contributed by atoms with Gasteiger partial charge in [-0.05, 0) is 24.5 Å². The molecule has 168 valence electrons. The van der Waals surface area contributed by atoms with Gasteiger partial charge in [0.1, 0.15) is 0 Å². The van der Waals surface area contributed by atoms with Crippen LogP contribution in [-0.2, 0) is 10.2 Å². The lowest BCUT2D eigenvalue weighted by atomic mass is 9.85. The zero-order valence-corrected chi connectivity index (χ0v) is 18.0. The minimum Gasteiger partial charge on any atom is -0.504 e. The third-order valence-corrected chi connectivity index (χ3v) is 5.83. The number of phenols is 1. The van der Waals surface area contributed by atoms with Gasteiger partial charge < -0.3 is 9.84 Å². The van der Waals surface area contributed by atoms with Gasteiger partial charge in [-0.3, -0.25) is 14.9 Å². The van der Waals surface area contributed by atoms with E-state index in [0.717, 1.165) is 17.2 Å². The van der Waals surface area contributed by atoms with Crippen molar-refractivity contribution in [1.82, 2.24) is 5.43 Å². The van der Waals surface area contributed by atoms with Gasteiger partial charge in [0.05, 0.1) is 29.7 Å². The van der Waals surface area contributed by atoms with Crippen molar-refractivity contribution in [3.8, 4) is 11.5 Å². The number of hydrazone groups is 1. The van der Waals surface area contributed by atoms with Crippen LogP contribution in [0.1, 0.15) is 30.0 Å². The summed E-state index contributed by atoms with van der Waals surface area (Å²) in [6, 6.07) is 22.0. The molecule has 0 heterocycles. The Morgan fingerprint density at radius 1 is 1.18 bits per heavy atom. The molecule has 4 rings (SSSR count). The van der Waals surface area contributed by atoms with Gasteiger partial charge in [-0.25, -0.2) is 5.43 Å². The van der Waals surface area contributed by atoms with Crippen molar-refractivity contribution in [3.05, 3.63) is 99.6 Å². The maximum atomic E-state index is 13.0. The predicted molar refractivity (Wildman–Crippen MR) is 123 cm³/mol. The molecule has 1 saturated carbocycles. The summed E-state index contributed by atoms with van der Waals surface area (Å²) < 4.78 is 5.27. The molecular weight excluding hydrogens is 422 g/mol. The molecular formula is C25H23N3O5. The molecule has 8 nitrogen and oxygen atoms in total. The Bertz CT molecular complexity index is 1160. The molecule has 0 aromatic heterocycles. The number of phenolic OH excluding ortho intramolecular Hbond substituents is 1. The van der Waals surface area contributed by atoms with Crippen LogP contribution < -0.4 is 10.2 Å². The fraction of sp³-hybridized carbons (Fsp3) is 0.200. The number of non-ortho nitro benzene ring substituents is 1. The highest BCUT2D eigenvalue weighted by Gasteiger charge is 2.60. The molecule has 1 atom stereocenters. The van der Waals surface area contributed by atoms with Gasteiger partial charge in [0.15, 0.2) is 11.5 Å². The summed E-state index contributed by atoms with van der Waals surface area (Å²) in [5, 5.41) is 25.5. The number of nitro benzene ring substituents is 1. The van der Waals surface area contributed by atoms with Crippen LogP contribution in [0.2, 0.25) is 0 Å². The number of benzene rings is 3. The van der Waals surface area contributed by atoms with Crippen LogP contribution >= 0.6 is 0 Å². The highest BCUT2D eigenvalue weighted by Crippen LogP contribution is 2.58. The molecule has 8 heteroatoms. The molecule has 0 radical (unpaired) electrons. The van der Waals surface area contributed by atoms with E-state index in [9.17, 15) is 20.0 Å². The Morgan fingerprint density at radius 2 is 1.79 bits per heavy atom. The number of nitrogens with zero attached hydrogens (tertiary/aromatic N) is 2. The molecule has 0 spiro atoms. The first kappa shape index (κ1) is 22.0. The zero-order chi connectivity index (χ0) is 23.4. The van der Waals surface area contributed by atoms with Crippen molar-refractivity contribution in [2.24, 2.45) is 11.0 Å². The lowest BCUT2D eigenvalue weighted by molar-refractivity contribution is -0.385. The SMILES string of the molecule is CCOc1cc([N+](=O)[O-])cc(/C=N/NC(=O)[C@@H]2CC2(c2ccccc2)c2ccccc2)c1O. The Labute approximate surface area is 190 Å². The van der Waals surface area contributed by atoms with E-state index in [4.69, 9.17) is 4.74 Å². The second kappa shape index (κ2) is 9.12. The van der Waals surface area contributed by atoms with Crippen molar-refractivity contribution >= 4 is 17.8 Å². The molecule has 3 aromatic rings. The minimum atomic E-state index is -0.587. The second-order valence-electron chi connectivity index (χ2n) is 7.77. The summed E-state index contributed by atoms with van der Waals surface area (Å²) in [6.45, 7) is 1.93. The second-order valence-corrected chi connectivity index (χ2v) is 7.77. The number of rotatable bonds is 8. The number of carbonyl (C=O) groups is 1. The standard InChI is InChI=1S/C25H23N3O5/c1-2-33-22-14-20(28(31)32)13-17(23(22)29)16-26-27-24(30)21-15-25(21,18-9-5-3-6-10-18)19-11-7-4-8-12-19/h3-14,16,21,29H,2,15H2,1H3,(H,27,30)/b26-16+/t21-/m0/s1. The topological polar surface area (TPSA) is 114 Å².